The minimum Gasteiger partial charge on any atom is -0.274 e. The molecule has 0 unspecified atom stereocenters. The quantitative estimate of drug-likeness (QED) is 0.163. The molecular formula is C33H49F2NO. The van der Waals surface area contributed by atoms with E-state index < -0.39 is 11.6 Å². The number of aryl methyl sites for hydroxylation is 1. The Morgan fingerprint density at radius 3 is 2.03 bits per heavy atom. The van der Waals surface area contributed by atoms with Crippen LogP contribution < -0.4 is 5.06 Å². The van der Waals surface area contributed by atoms with Crippen molar-refractivity contribution in [3.63, 3.8) is 0 Å². The third-order valence-corrected chi connectivity index (χ3v) is 8.30. The molecule has 4 heteroatoms. The summed E-state index contributed by atoms with van der Waals surface area (Å²) in [5.41, 5.74) is 3.12. The molecule has 1 aliphatic carbocycles. The van der Waals surface area contributed by atoms with Crippen molar-refractivity contribution in [2.75, 3.05) is 18.7 Å². The van der Waals surface area contributed by atoms with Gasteiger partial charge in [-0.3, -0.25) is 9.90 Å². The third-order valence-electron chi connectivity index (χ3n) is 8.30. The van der Waals surface area contributed by atoms with Gasteiger partial charge in [0.25, 0.3) is 0 Å². The van der Waals surface area contributed by atoms with Gasteiger partial charge in [-0.2, -0.15) is 0 Å². The molecule has 2 aromatic rings. The van der Waals surface area contributed by atoms with Crippen molar-refractivity contribution in [2.24, 2.45) is 5.41 Å². The van der Waals surface area contributed by atoms with Crippen LogP contribution in [-0.2, 0) is 11.3 Å². The van der Waals surface area contributed by atoms with Crippen LogP contribution in [0.4, 0.5) is 14.5 Å². The minimum atomic E-state index is -0.601. The standard InChI is InChI=1S/C33H49F2NO/c1-4-6-8-13-24-37-36(3)32-30(34)25-29(26-31(32)35)28-18-16-27(17-19-28)15-14-23-33(20-10-7-5-2)21-11-9-12-22-33/h16-19,25-26H,4-15,20-24H2,1-3H3. The van der Waals surface area contributed by atoms with Crippen molar-refractivity contribution in [1.29, 1.82) is 0 Å². The number of rotatable bonds is 16. The van der Waals surface area contributed by atoms with Crippen molar-refractivity contribution >= 4 is 5.69 Å². The van der Waals surface area contributed by atoms with Crippen LogP contribution in [0.1, 0.15) is 116 Å². The van der Waals surface area contributed by atoms with E-state index >= 15 is 0 Å². The van der Waals surface area contributed by atoms with Crippen LogP contribution in [0.25, 0.3) is 11.1 Å². The summed E-state index contributed by atoms with van der Waals surface area (Å²) in [6.45, 7) is 4.89. The molecule has 0 aliphatic heterocycles. The molecule has 0 radical (unpaired) electrons. The average molecular weight is 514 g/mol. The molecule has 0 heterocycles. The maximum absolute atomic E-state index is 14.9. The molecule has 0 bridgehead atoms. The fourth-order valence-corrected chi connectivity index (χ4v) is 6.04. The Morgan fingerprint density at radius 1 is 0.757 bits per heavy atom. The predicted molar refractivity (Wildman–Crippen MR) is 153 cm³/mol. The molecule has 206 valence electrons. The maximum atomic E-state index is 14.9. The lowest BCUT2D eigenvalue weighted by Crippen LogP contribution is -2.24. The van der Waals surface area contributed by atoms with E-state index in [4.69, 9.17) is 4.84 Å². The van der Waals surface area contributed by atoms with Crippen molar-refractivity contribution in [1.82, 2.24) is 0 Å². The summed E-state index contributed by atoms with van der Waals surface area (Å²) in [7, 11) is 1.57. The Bertz CT molecular complexity index is 897. The smallest absolute Gasteiger partial charge is 0.152 e. The summed E-state index contributed by atoms with van der Waals surface area (Å²) < 4.78 is 29.8. The molecule has 37 heavy (non-hydrogen) atoms. The fourth-order valence-electron chi connectivity index (χ4n) is 6.04. The molecule has 0 atom stereocenters. The van der Waals surface area contributed by atoms with Crippen LogP contribution in [0, 0.1) is 17.0 Å². The molecule has 1 fully saturated rings. The second-order valence-electron chi connectivity index (χ2n) is 11.2. The fraction of sp³-hybridized carbons (Fsp3) is 0.636. The summed E-state index contributed by atoms with van der Waals surface area (Å²) in [4.78, 5) is 5.57. The first kappa shape index (κ1) is 29.6. The molecule has 0 aromatic heterocycles. The number of hydroxylamine groups is 1. The lowest BCUT2D eigenvalue weighted by molar-refractivity contribution is 0.114. The zero-order chi connectivity index (χ0) is 26.5. The highest BCUT2D eigenvalue weighted by atomic mass is 19.1. The minimum absolute atomic E-state index is 0.133. The first-order valence-corrected chi connectivity index (χ1v) is 14.9. The predicted octanol–water partition coefficient (Wildman–Crippen LogP) is 10.4. The molecule has 0 amide bonds. The highest BCUT2D eigenvalue weighted by molar-refractivity contribution is 5.67. The van der Waals surface area contributed by atoms with E-state index in [0.29, 0.717) is 17.6 Å². The number of halogens is 2. The number of anilines is 1. The van der Waals surface area contributed by atoms with Gasteiger partial charge in [-0.25, -0.2) is 8.78 Å². The molecule has 0 N–H and O–H groups in total. The average Bonchev–Trinajstić information content (AvgIpc) is 2.89. The Hall–Kier alpha value is -1.94. The van der Waals surface area contributed by atoms with Gasteiger partial charge in [0, 0.05) is 7.05 Å². The summed E-state index contributed by atoms with van der Waals surface area (Å²) in [5, 5.41) is 1.23. The van der Waals surface area contributed by atoms with E-state index in [1.165, 1.54) is 93.4 Å². The number of hydrogen-bond donors (Lipinski definition) is 0. The number of benzene rings is 2. The highest BCUT2D eigenvalue weighted by Crippen LogP contribution is 2.44. The van der Waals surface area contributed by atoms with Gasteiger partial charge in [0.05, 0.1) is 6.61 Å². The van der Waals surface area contributed by atoms with Gasteiger partial charge < -0.3 is 0 Å². The summed E-state index contributed by atoms with van der Waals surface area (Å²) in [5.74, 6) is -1.20. The normalized spacial score (nSPS) is 15.2. The number of nitrogens with zero attached hydrogens (tertiary/aromatic N) is 1. The molecule has 0 saturated heterocycles. The summed E-state index contributed by atoms with van der Waals surface area (Å²) >= 11 is 0. The van der Waals surface area contributed by atoms with Gasteiger partial charge in [0.2, 0.25) is 0 Å². The van der Waals surface area contributed by atoms with E-state index in [2.05, 4.69) is 26.0 Å². The summed E-state index contributed by atoms with van der Waals surface area (Å²) in [6, 6.07) is 11.1. The van der Waals surface area contributed by atoms with Crippen molar-refractivity contribution in [3.05, 3.63) is 53.6 Å². The van der Waals surface area contributed by atoms with Gasteiger partial charge in [-0.1, -0.05) is 95.9 Å². The first-order valence-electron chi connectivity index (χ1n) is 14.9. The Balaban J connectivity index is 1.56. The van der Waals surface area contributed by atoms with Gasteiger partial charge >= 0.3 is 0 Å². The van der Waals surface area contributed by atoms with E-state index in [9.17, 15) is 8.78 Å². The lowest BCUT2D eigenvalue weighted by Gasteiger charge is -2.38. The number of hydrogen-bond acceptors (Lipinski definition) is 2. The van der Waals surface area contributed by atoms with Crippen LogP contribution in [0.3, 0.4) is 0 Å². The second-order valence-corrected chi connectivity index (χ2v) is 11.2. The largest absolute Gasteiger partial charge is 0.274 e. The Kier molecular flexibility index (Phi) is 12.4. The Morgan fingerprint density at radius 2 is 1.38 bits per heavy atom. The zero-order valence-corrected chi connectivity index (χ0v) is 23.6. The molecule has 3 rings (SSSR count). The molecule has 2 nitrogen and oxygen atoms in total. The lowest BCUT2D eigenvalue weighted by atomic mass is 9.68. The van der Waals surface area contributed by atoms with Gasteiger partial charge in [-0.05, 0) is 79.2 Å². The molecule has 1 aliphatic rings. The van der Waals surface area contributed by atoms with E-state index in [1.807, 2.05) is 12.1 Å². The summed E-state index contributed by atoms with van der Waals surface area (Å²) in [6.07, 6.45) is 20.3. The van der Waals surface area contributed by atoms with Gasteiger partial charge in [-0.15, -0.1) is 0 Å². The third kappa shape index (κ3) is 9.09. The van der Waals surface area contributed by atoms with E-state index in [-0.39, 0.29) is 5.69 Å². The Labute approximate surface area is 224 Å². The van der Waals surface area contributed by atoms with Crippen molar-refractivity contribution < 1.29 is 13.6 Å². The SMILES string of the molecule is CCCCCCON(C)c1c(F)cc(-c2ccc(CCCC3(CCCCC)CCCCC3)cc2)cc1F. The molecule has 2 aromatic carbocycles. The zero-order valence-electron chi connectivity index (χ0n) is 23.6. The maximum Gasteiger partial charge on any atom is 0.152 e. The van der Waals surface area contributed by atoms with Crippen LogP contribution in [0.2, 0.25) is 0 Å². The van der Waals surface area contributed by atoms with Crippen LogP contribution in [-0.4, -0.2) is 13.7 Å². The topological polar surface area (TPSA) is 12.5 Å². The van der Waals surface area contributed by atoms with E-state index in [1.54, 1.807) is 7.05 Å². The van der Waals surface area contributed by atoms with Crippen molar-refractivity contribution in [3.8, 4) is 11.1 Å². The van der Waals surface area contributed by atoms with Crippen LogP contribution in [0.15, 0.2) is 36.4 Å². The first-order chi connectivity index (χ1) is 18.0. The van der Waals surface area contributed by atoms with Crippen LogP contribution >= 0.6 is 0 Å². The number of unbranched alkanes of at least 4 members (excludes halogenated alkanes) is 5. The molecule has 0 spiro atoms. The van der Waals surface area contributed by atoms with E-state index in [0.717, 1.165) is 37.7 Å². The monoisotopic (exact) mass is 513 g/mol. The molecule has 1 saturated carbocycles. The van der Waals surface area contributed by atoms with Gasteiger partial charge in [0.1, 0.15) is 5.69 Å². The second kappa shape index (κ2) is 15.5. The van der Waals surface area contributed by atoms with Crippen molar-refractivity contribution in [2.45, 2.75) is 117 Å². The van der Waals surface area contributed by atoms with Crippen LogP contribution in [0.5, 0.6) is 0 Å². The molecular weight excluding hydrogens is 464 g/mol. The van der Waals surface area contributed by atoms with Gasteiger partial charge in [0.15, 0.2) is 11.6 Å². The highest BCUT2D eigenvalue weighted by Gasteiger charge is 2.30.